The van der Waals surface area contributed by atoms with Crippen molar-refractivity contribution in [1.29, 1.82) is 0 Å². The van der Waals surface area contributed by atoms with Crippen molar-refractivity contribution in [3.8, 4) is 5.75 Å². The van der Waals surface area contributed by atoms with Gasteiger partial charge in [-0.3, -0.25) is 0 Å². The van der Waals surface area contributed by atoms with E-state index in [1.807, 2.05) is 0 Å². The molecule has 18 heavy (non-hydrogen) atoms. The van der Waals surface area contributed by atoms with E-state index in [9.17, 15) is 4.79 Å². The zero-order chi connectivity index (χ0) is 13.0. The van der Waals surface area contributed by atoms with Crippen LogP contribution >= 0.6 is 0 Å². The summed E-state index contributed by atoms with van der Waals surface area (Å²) in [4.78, 5) is 10.9. The average molecular weight is 250 g/mol. The Bertz CT molecular complexity index is 422. The molecule has 1 aliphatic carbocycles. The summed E-state index contributed by atoms with van der Waals surface area (Å²) in [6.07, 6.45) is 5.10. The summed E-state index contributed by atoms with van der Waals surface area (Å²) < 4.78 is 10.9. The van der Waals surface area contributed by atoms with Gasteiger partial charge in [-0.25, -0.2) is 4.79 Å². The van der Waals surface area contributed by atoms with Crippen LogP contribution in [0.1, 0.15) is 41.6 Å². The van der Waals surface area contributed by atoms with E-state index in [-0.39, 0.29) is 5.56 Å². The number of carboxylic acids is 1. The minimum Gasteiger partial charge on any atom is -0.496 e. The predicted octanol–water partition coefficient (Wildman–Crippen LogP) is 2.85. The smallest absolute Gasteiger partial charge is 0.339 e. The number of carboxylic acid groups (broad SMARTS) is 1. The number of benzene rings is 1. The van der Waals surface area contributed by atoms with Crippen LogP contribution in [-0.4, -0.2) is 24.3 Å². The molecular formula is C14H18O4. The van der Waals surface area contributed by atoms with Gasteiger partial charge < -0.3 is 14.6 Å². The summed E-state index contributed by atoms with van der Waals surface area (Å²) >= 11 is 0. The molecule has 2 rings (SSSR count). The normalized spacial score (nSPS) is 15.8. The van der Waals surface area contributed by atoms with Gasteiger partial charge in [-0.2, -0.15) is 0 Å². The van der Waals surface area contributed by atoms with Crippen molar-refractivity contribution in [2.24, 2.45) is 0 Å². The van der Waals surface area contributed by atoms with Gasteiger partial charge in [0.05, 0.1) is 19.8 Å². The van der Waals surface area contributed by atoms with E-state index >= 15 is 0 Å². The highest BCUT2D eigenvalue weighted by atomic mass is 16.5. The van der Waals surface area contributed by atoms with Gasteiger partial charge in [-0.15, -0.1) is 0 Å². The first-order valence-electron chi connectivity index (χ1n) is 6.22. The van der Waals surface area contributed by atoms with Crippen LogP contribution in [0.5, 0.6) is 5.75 Å². The summed E-state index contributed by atoms with van der Waals surface area (Å²) in [7, 11) is 1.48. The van der Waals surface area contributed by atoms with Crippen LogP contribution in [0.3, 0.4) is 0 Å². The Morgan fingerprint density at radius 2 is 2.11 bits per heavy atom. The van der Waals surface area contributed by atoms with Crippen LogP contribution in [0, 0.1) is 0 Å². The van der Waals surface area contributed by atoms with E-state index in [1.165, 1.54) is 20.0 Å². The SMILES string of the molecule is COc1cc(COC2CCCC2)ccc1C(=O)O. The highest BCUT2D eigenvalue weighted by Crippen LogP contribution is 2.24. The summed E-state index contributed by atoms with van der Waals surface area (Å²) in [5.41, 5.74) is 1.13. The fourth-order valence-electron chi connectivity index (χ4n) is 2.27. The monoisotopic (exact) mass is 250 g/mol. The van der Waals surface area contributed by atoms with Crippen molar-refractivity contribution in [3.05, 3.63) is 29.3 Å². The second-order valence-corrected chi connectivity index (χ2v) is 4.56. The highest BCUT2D eigenvalue weighted by molar-refractivity contribution is 5.90. The largest absolute Gasteiger partial charge is 0.496 e. The lowest BCUT2D eigenvalue weighted by Crippen LogP contribution is -2.08. The Morgan fingerprint density at radius 1 is 1.39 bits per heavy atom. The first-order valence-corrected chi connectivity index (χ1v) is 6.22. The summed E-state index contributed by atoms with van der Waals surface area (Å²) in [5.74, 6) is -0.592. The molecule has 0 aromatic heterocycles. The Kier molecular flexibility index (Phi) is 4.20. The number of methoxy groups -OCH3 is 1. The molecule has 0 heterocycles. The fourth-order valence-corrected chi connectivity index (χ4v) is 2.27. The second-order valence-electron chi connectivity index (χ2n) is 4.56. The average Bonchev–Trinajstić information content (AvgIpc) is 2.88. The molecule has 0 amide bonds. The van der Waals surface area contributed by atoms with Crippen LogP contribution in [0.25, 0.3) is 0 Å². The standard InChI is InChI=1S/C14H18O4/c1-17-13-8-10(6-7-12(13)14(15)16)9-18-11-4-2-3-5-11/h6-8,11H,2-5,9H2,1H3,(H,15,16). The maximum absolute atomic E-state index is 10.9. The van der Waals surface area contributed by atoms with Crippen molar-refractivity contribution in [2.45, 2.75) is 38.4 Å². The van der Waals surface area contributed by atoms with Gasteiger partial charge >= 0.3 is 5.97 Å². The van der Waals surface area contributed by atoms with E-state index in [2.05, 4.69) is 0 Å². The quantitative estimate of drug-likeness (QED) is 0.873. The van der Waals surface area contributed by atoms with E-state index in [0.29, 0.717) is 18.5 Å². The van der Waals surface area contributed by atoms with Gasteiger partial charge in [-0.1, -0.05) is 18.9 Å². The molecule has 1 aromatic rings. The van der Waals surface area contributed by atoms with Crippen LogP contribution < -0.4 is 4.74 Å². The fraction of sp³-hybridized carbons (Fsp3) is 0.500. The summed E-state index contributed by atoms with van der Waals surface area (Å²) in [5, 5.41) is 8.98. The summed E-state index contributed by atoms with van der Waals surface area (Å²) in [6.45, 7) is 0.515. The highest BCUT2D eigenvalue weighted by Gasteiger charge is 2.16. The van der Waals surface area contributed by atoms with Gasteiger partial charge in [0.1, 0.15) is 11.3 Å². The zero-order valence-corrected chi connectivity index (χ0v) is 10.5. The molecule has 1 saturated carbocycles. The molecular weight excluding hydrogens is 232 g/mol. The van der Waals surface area contributed by atoms with Crippen LogP contribution in [-0.2, 0) is 11.3 Å². The topological polar surface area (TPSA) is 55.8 Å². The molecule has 1 aliphatic rings. The number of carbonyl (C=O) groups is 1. The van der Waals surface area contributed by atoms with E-state index in [1.54, 1.807) is 18.2 Å². The molecule has 0 saturated heterocycles. The minimum absolute atomic E-state index is 0.183. The number of ether oxygens (including phenoxy) is 2. The molecule has 1 aromatic carbocycles. The maximum Gasteiger partial charge on any atom is 0.339 e. The minimum atomic E-state index is -0.977. The van der Waals surface area contributed by atoms with Gasteiger partial charge in [-0.05, 0) is 30.5 Å². The van der Waals surface area contributed by atoms with Crippen LogP contribution in [0.4, 0.5) is 0 Å². The molecule has 1 N–H and O–H groups in total. The molecule has 0 radical (unpaired) electrons. The molecule has 1 fully saturated rings. The Balaban J connectivity index is 2.02. The van der Waals surface area contributed by atoms with Crippen LogP contribution in [0.15, 0.2) is 18.2 Å². The molecule has 4 heteroatoms. The van der Waals surface area contributed by atoms with Crippen molar-refractivity contribution in [2.75, 3.05) is 7.11 Å². The number of hydrogen-bond acceptors (Lipinski definition) is 3. The van der Waals surface area contributed by atoms with E-state index in [4.69, 9.17) is 14.6 Å². The van der Waals surface area contributed by atoms with E-state index in [0.717, 1.165) is 18.4 Å². The second kappa shape index (κ2) is 5.87. The zero-order valence-electron chi connectivity index (χ0n) is 10.5. The summed E-state index contributed by atoms with van der Waals surface area (Å²) in [6, 6.07) is 5.08. The molecule has 0 bridgehead atoms. The van der Waals surface area contributed by atoms with E-state index < -0.39 is 5.97 Å². The molecule has 98 valence electrons. The molecule has 0 spiro atoms. The molecule has 0 atom stereocenters. The lowest BCUT2D eigenvalue weighted by atomic mass is 10.1. The van der Waals surface area contributed by atoms with Gasteiger partial charge in [0.2, 0.25) is 0 Å². The lowest BCUT2D eigenvalue weighted by molar-refractivity contribution is 0.0455. The number of hydrogen-bond donors (Lipinski definition) is 1. The lowest BCUT2D eigenvalue weighted by Gasteiger charge is -2.12. The Hall–Kier alpha value is -1.55. The van der Waals surface area contributed by atoms with Gasteiger partial charge in [0.15, 0.2) is 0 Å². The third-order valence-electron chi connectivity index (χ3n) is 3.28. The van der Waals surface area contributed by atoms with Gasteiger partial charge in [0.25, 0.3) is 0 Å². The number of rotatable bonds is 5. The molecule has 0 unspecified atom stereocenters. The van der Waals surface area contributed by atoms with Crippen molar-refractivity contribution in [1.82, 2.24) is 0 Å². The van der Waals surface area contributed by atoms with Gasteiger partial charge in [0, 0.05) is 0 Å². The number of aromatic carboxylic acids is 1. The Labute approximate surface area is 107 Å². The maximum atomic E-state index is 10.9. The Morgan fingerprint density at radius 3 is 2.72 bits per heavy atom. The van der Waals surface area contributed by atoms with Crippen molar-refractivity contribution in [3.63, 3.8) is 0 Å². The van der Waals surface area contributed by atoms with Crippen molar-refractivity contribution < 1.29 is 19.4 Å². The third-order valence-corrected chi connectivity index (χ3v) is 3.28. The first kappa shape index (κ1) is 12.9. The molecule has 4 nitrogen and oxygen atoms in total. The molecule has 0 aliphatic heterocycles. The third kappa shape index (κ3) is 3.01. The van der Waals surface area contributed by atoms with Crippen LogP contribution in [0.2, 0.25) is 0 Å². The first-order chi connectivity index (χ1) is 8.70. The predicted molar refractivity (Wildman–Crippen MR) is 67.0 cm³/mol. The van der Waals surface area contributed by atoms with Crippen molar-refractivity contribution >= 4 is 5.97 Å².